The maximum atomic E-state index is 13.3. The van der Waals surface area contributed by atoms with E-state index in [4.69, 9.17) is 10.5 Å². The summed E-state index contributed by atoms with van der Waals surface area (Å²) in [5.74, 6) is -0.226. The van der Waals surface area contributed by atoms with Crippen molar-refractivity contribution in [3.05, 3.63) is 57.7 Å². The zero-order valence-electron chi connectivity index (χ0n) is 16.7. The van der Waals surface area contributed by atoms with E-state index in [-0.39, 0.29) is 23.4 Å². The molecular formula is C19H22FN7O3. The molecule has 30 heavy (non-hydrogen) atoms. The highest BCUT2D eigenvalue weighted by Crippen LogP contribution is 2.39. The van der Waals surface area contributed by atoms with Gasteiger partial charge in [0, 0.05) is 23.2 Å². The van der Waals surface area contributed by atoms with Crippen molar-refractivity contribution in [2.45, 2.75) is 39.2 Å². The van der Waals surface area contributed by atoms with E-state index >= 15 is 0 Å². The third-order valence-electron chi connectivity index (χ3n) is 4.28. The van der Waals surface area contributed by atoms with Gasteiger partial charge in [-0.25, -0.2) is 9.37 Å². The van der Waals surface area contributed by atoms with E-state index in [0.717, 1.165) is 6.20 Å². The van der Waals surface area contributed by atoms with Crippen LogP contribution in [-0.4, -0.2) is 31.2 Å². The van der Waals surface area contributed by atoms with Gasteiger partial charge >= 0.3 is 5.69 Å². The summed E-state index contributed by atoms with van der Waals surface area (Å²) >= 11 is 0. The topological polar surface area (TPSA) is 145 Å². The van der Waals surface area contributed by atoms with Crippen LogP contribution in [0.3, 0.4) is 0 Å². The largest absolute Gasteiger partial charge is 0.474 e. The number of hydrogen-bond donors (Lipinski definition) is 3. The monoisotopic (exact) mass is 415 g/mol. The first kappa shape index (κ1) is 21.0. The molecule has 0 aliphatic heterocycles. The molecule has 0 amide bonds. The van der Waals surface area contributed by atoms with Crippen molar-refractivity contribution >= 4 is 23.1 Å². The van der Waals surface area contributed by atoms with Gasteiger partial charge in [0.1, 0.15) is 17.5 Å². The molecule has 1 atom stereocenters. The lowest BCUT2D eigenvalue weighted by Gasteiger charge is -2.17. The quantitative estimate of drug-likeness (QED) is 0.371. The molecule has 3 rings (SSSR count). The van der Waals surface area contributed by atoms with Gasteiger partial charge in [0.15, 0.2) is 0 Å². The van der Waals surface area contributed by atoms with Crippen molar-refractivity contribution in [2.75, 3.05) is 11.1 Å². The van der Waals surface area contributed by atoms with E-state index in [1.807, 2.05) is 20.8 Å². The van der Waals surface area contributed by atoms with Gasteiger partial charge in [-0.3, -0.25) is 20.2 Å². The fraction of sp³-hybridized carbons (Fsp3) is 0.316. The normalized spacial score (nSPS) is 12.0. The van der Waals surface area contributed by atoms with Crippen molar-refractivity contribution in [1.29, 1.82) is 0 Å². The molecule has 0 saturated heterocycles. The van der Waals surface area contributed by atoms with E-state index in [0.29, 0.717) is 29.4 Å². The predicted molar refractivity (Wildman–Crippen MR) is 109 cm³/mol. The third kappa shape index (κ3) is 4.62. The van der Waals surface area contributed by atoms with Crippen LogP contribution in [0.2, 0.25) is 0 Å². The first-order valence-corrected chi connectivity index (χ1v) is 9.33. The summed E-state index contributed by atoms with van der Waals surface area (Å²) in [7, 11) is 0. The SMILES string of the molecule is CC[C@H](c1ccc(F)cn1)c1cc(N)nc(Nc2cc(OC(C)C)n[nH]2)c1[N+](=O)[O-]. The Morgan fingerprint density at radius 3 is 2.73 bits per heavy atom. The Kier molecular flexibility index (Phi) is 6.09. The van der Waals surface area contributed by atoms with Crippen molar-refractivity contribution in [2.24, 2.45) is 0 Å². The number of hydrogen-bond acceptors (Lipinski definition) is 8. The molecule has 3 heterocycles. The molecule has 0 fully saturated rings. The summed E-state index contributed by atoms with van der Waals surface area (Å²) in [4.78, 5) is 19.6. The number of nitro groups is 1. The highest BCUT2D eigenvalue weighted by molar-refractivity contribution is 5.70. The number of rotatable bonds is 8. The van der Waals surface area contributed by atoms with Crippen LogP contribution in [0.25, 0.3) is 0 Å². The van der Waals surface area contributed by atoms with E-state index in [1.165, 1.54) is 18.2 Å². The predicted octanol–water partition coefficient (Wildman–Crippen LogP) is 3.90. The smallest absolute Gasteiger partial charge is 0.315 e. The summed E-state index contributed by atoms with van der Waals surface area (Å²) in [6.07, 6.45) is 1.48. The number of halogens is 1. The Balaban J connectivity index is 2.04. The van der Waals surface area contributed by atoms with Gasteiger partial charge in [-0.1, -0.05) is 6.92 Å². The fourth-order valence-electron chi connectivity index (χ4n) is 3.10. The molecule has 3 aromatic rings. The zero-order chi connectivity index (χ0) is 21.8. The molecular weight excluding hydrogens is 393 g/mol. The fourth-order valence-corrected chi connectivity index (χ4v) is 3.10. The van der Waals surface area contributed by atoms with Gasteiger partial charge in [-0.2, -0.15) is 0 Å². The molecule has 0 aliphatic rings. The lowest BCUT2D eigenvalue weighted by molar-refractivity contribution is -0.385. The third-order valence-corrected chi connectivity index (χ3v) is 4.28. The van der Waals surface area contributed by atoms with Crippen molar-refractivity contribution in [3.8, 4) is 5.88 Å². The molecule has 4 N–H and O–H groups in total. The van der Waals surface area contributed by atoms with E-state index < -0.39 is 16.7 Å². The van der Waals surface area contributed by atoms with Crippen LogP contribution in [-0.2, 0) is 0 Å². The molecule has 0 bridgehead atoms. The molecule has 3 aromatic heterocycles. The number of nitrogens with one attached hydrogen (secondary N) is 2. The number of anilines is 3. The maximum absolute atomic E-state index is 13.3. The Morgan fingerprint density at radius 1 is 1.37 bits per heavy atom. The number of nitrogens with zero attached hydrogens (tertiary/aromatic N) is 4. The lowest BCUT2D eigenvalue weighted by Crippen LogP contribution is -2.11. The maximum Gasteiger partial charge on any atom is 0.315 e. The van der Waals surface area contributed by atoms with Gasteiger partial charge in [-0.05, 0) is 38.5 Å². The molecule has 158 valence electrons. The highest BCUT2D eigenvalue weighted by atomic mass is 19.1. The number of H-pyrrole nitrogens is 1. The standard InChI is InChI=1S/C19H22FN7O3/c1-4-12(14-6-5-11(20)9-22-14)13-7-15(21)23-19(18(13)27(28)29)24-16-8-17(26-25-16)30-10(2)3/h5-10,12H,4H2,1-3H3,(H4,21,23,24,25,26)/t12-/m0/s1. The summed E-state index contributed by atoms with van der Waals surface area (Å²) in [6, 6.07) is 5.78. The molecule has 0 saturated carbocycles. The highest BCUT2D eigenvalue weighted by Gasteiger charge is 2.29. The lowest BCUT2D eigenvalue weighted by atomic mass is 9.91. The van der Waals surface area contributed by atoms with Crippen LogP contribution >= 0.6 is 0 Å². The van der Waals surface area contributed by atoms with Crippen molar-refractivity contribution in [3.63, 3.8) is 0 Å². The Morgan fingerprint density at radius 2 is 2.13 bits per heavy atom. The van der Waals surface area contributed by atoms with Crippen LogP contribution in [0.1, 0.15) is 44.4 Å². The first-order chi connectivity index (χ1) is 14.3. The number of nitrogen functional groups attached to an aromatic ring is 1. The average Bonchev–Trinajstić information content (AvgIpc) is 3.09. The molecule has 0 spiro atoms. The molecule has 0 unspecified atom stereocenters. The Bertz CT molecular complexity index is 1040. The molecule has 11 heteroatoms. The summed E-state index contributed by atoms with van der Waals surface area (Å²) in [5, 5.41) is 21.5. The van der Waals surface area contributed by atoms with E-state index in [9.17, 15) is 14.5 Å². The number of aromatic nitrogens is 4. The molecule has 10 nitrogen and oxygen atoms in total. The number of ether oxygens (including phenoxy) is 1. The van der Waals surface area contributed by atoms with Crippen LogP contribution in [0, 0.1) is 15.9 Å². The molecule has 0 aromatic carbocycles. The van der Waals surface area contributed by atoms with Gasteiger partial charge in [0.05, 0.1) is 17.2 Å². The minimum atomic E-state index is -0.530. The van der Waals surface area contributed by atoms with Crippen molar-refractivity contribution < 1.29 is 14.1 Å². The van der Waals surface area contributed by atoms with Gasteiger partial charge in [0.2, 0.25) is 11.7 Å². The second-order valence-corrected chi connectivity index (χ2v) is 6.86. The minimum absolute atomic E-state index is 0.0460. The number of nitrogens with two attached hydrogens (primary N) is 1. The van der Waals surface area contributed by atoms with Crippen LogP contribution in [0.4, 0.5) is 27.5 Å². The summed E-state index contributed by atoms with van der Waals surface area (Å²) < 4.78 is 18.8. The van der Waals surface area contributed by atoms with Crippen molar-refractivity contribution in [1.82, 2.24) is 20.2 Å². The Labute approximate surface area is 171 Å². The summed E-state index contributed by atoms with van der Waals surface area (Å²) in [5.41, 5.74) is 6.52. The van der Waals surface area contributed by atoms with E-state index in [2.05, 4.69) is 25.5 Å². The molecule has 0 radical (unpaired) electrons. The van der Waals surface area contributed by atoms with Gasteiger partial charge in [0.25, 0.3) is 0 Å². The van der Waals surface area contributed by atoms with E-state index in [1.54, 1.807) is 6.07 Å². The van der Waals surface area contributed by atoms with Gasteiger partial charge < -0.3 is 15.8 Å². The Hall–Kier alpha value is -3.76. The van der Waals surface area contributed by atoms with Gasteiger partial charge in [-0.15, -0.1) is 5.10 Å². The minimum Gasteiger partial charge on any atom is -0.474 e. The second kappa shape index (κ2) is 8.72. The van der Waals surface area contributed by atoms with Crippen LogP contribution in [0.5, 0.6) is 5.88 Å². The zero-order valence-corrected chi connectivity index (χ0v) is 16.7. The second-order valence-electron chi connectivity index (χ2n) is 6.86. The average molecular weight is 415 g/mol. The van der Waals surface area contributed by atoms with Crippen LogP contribution in [0.15, 0.2) is 30.5 Å². The first-order valence-electron chi connectivity index (χ1n) is 9.33. The number of aromatic amines is 1. The molecule has 0 aliphatic carbocycles. The number of pyridine rings is 2. The summed E-state index contributed by atoms with van der Waals surface area (Å²) in [6.45, 7) is 5.56. The van der Waals surface area contributed by atoms with Crippen LogP contribution < -0.4 is 15.8 Å².